The van der Waals surface area contributed by atoms with Gasteiger partial charge in [-0.2, -0.15) is 0 Å². The molecule has 33 heavy (non-hydrogen) atoms. The third-order valence-corrected chi connectivity index (χ3v) is 8.11. The second-order valence-electron chi connectivity index (χ2n) is 7.85. The van der Waals surface area contributed by atoms with Crippen LogP contribution in [0, 0.1) is 13.8 Å². The molecule has 0 bridgehead atoms. The molecule has 0 unspecified atom stereocenters. The Balaban J connectivity index is 1.34. The minimum atomic E-state index is -0.446. The quantitative estimate of drug-likeness (QED) is 0.247. The molecule has 0 saturated heterocycles. The number of hydrogen-bond acceptors (Lipinski definition) is 4. The molecule has 1 aliphatic heterocycles. The van der Waals surface area contributed by atoms with Crippen molar-refractivity contribution in [3.8, 4) is 0 Å². The molecule has 2 N–H and O–H groups in total. The summed E-state index contributed by atoms with van der Waals surface area (Å²) in [6.45, 7) is 4.11. The summed E-state index contributed by atoms with van der Waals surface area (Å²) in [4.78, 5) is 41.0. The zero-order chi connectivity index (χ0) is 23.1. The normalized spacial score (nSPS) is 14.0. The number of esters is 1. The number of fused-ring (bicyclic) bond motifs is 2. The molecule has 0 saturated carbocycles. The van der Waals surface area contributed by atoms with Crippen LogP contribution in [0.15, 0.2) is 53.3 Å². The Labute approximate surface area is 195 Å². The Hall–Kier alpha value is -3.61. The summed E-state index contributed by atoms with van der Waals surface area (Å²) in [5, 5.41) is 3.59. The number of anilines is 1. The standard InChI is InChI=1S/C25H21N3O4Se/c1-14-20(13-18-16-7-3-5-9-19(16)27-23(18)29)26-15(2)22(14)25(31)32-12-11-28-24(30)17-8-4-6-10-21(17)33-28/h3-10,13,26H,11-12H2,1-2H3,(H,27,29)/b18-13-. The summed E-state index contributed by atoms with van der Waals surface area (Å²) < 4.78 is 8.31. The van der Waals surface area contributed by atoms with Crippen LogP contribution < -0.4 is 10.9 Å². The van der Waals surface area contributed by atoms with Crippen LogP contribution in [-0.2, 0) is 16.1 Å². The maximum atomic E-state index is 12.8. The number of para-hydroxylation sites is 1. The number of carbonyl (C=O) groups excluding carboxylic acids is 2. The van der Waals surface area contributed by atoms with Crippen LogP contribution in [0.25, 0.3) is 21.3 Å². The number of nitrogens with zero attached hydrogens (tertiary/aromatic N) is 1. The molecule has 8 heteroatoms. The molecule has 2 aromatic carbocycles. The zero-order valence-electron chi connectivity index (χ0n) is 18.1. The Kier molecular flexibility index (Phi) is 5.40. The van der Waals surface area contributed by atoms with Crippen molar-refractivity contribution in [2.75, 3.05) is 11.9 Å². The van der Waals surface area contributed by atoms with Gasteiger partial charge in [0.1, 0.15) is 0 Å². The summed E-state index contributed by atoms with van der Waals surface area (Å²) in [6, 6.07) is 15.1. The number of hydrogen-bond donors (Lipinski definition) is 2. The third-order valence-electron chi connectivity index (χ3n) is 5.76. The second kappa shape index (κ2) is 8.39. The number of aromatic nitrogens is 2. The fourth-order valence-electron chi connectivity index (χ4n) is 4.11. The number of benzene rings is 2. The fourth-order valence-corrected chi connectivity index (χ4v) is 6.16. The van der Waals surface area contributed by atoms with Crippen LogP contribution in [0.4, 0.5) is 5.69 Å². The Morgan fingerprint density at radius 3 is 2.67 bits per heavy atom. The number of aromatic amines is 1. The van der Waals surface area contributed by atoms with Crippen LogP contribution in [0.1, 0.15) is 32.9 Å². The van der Waals surface area contributed by atoms with Crippen molar-refractivity contribution in [1.82, 2.24) is 8.55 Å². The van der Waals surface area contributed by atoms with Gasteiger partial charge in [0.15, 0.2) is 0 Å². The summed E-state index contributed by atoms with van der Waals surface area (Å²) in [5.41, 5.74) is 4.67. The van der Waals surface area contributed by atoms with Gasteiger partial charge in [-0.05, 0) is 6.07 Å². The van der Waals surface area contributed by atoms with Crippen molar-refractivity contribution in [3.05, 3.63) is 87.0 Å². The van der Waals surface area contributed by atoms with Crippen molar-refractivity contribution in [1.29, 1.82) is 0 Å². The van der Waals surface area contributed by atoms with E-state index in [0.717, 1.165) is 26.5 Å². The van der Waals surface area contributed by atoms with Gasteiger partial charge in [0.2, 0.25) is 0 Å². The van der Waals surface area contributed by atoms with E-state index in [1.165, 1.54) is 0 Å². The number of ether oxygens (including phenoxy) is 1. The van der Waals surface area contributed by atoms with E-state index < -0.39 is 5.97 Å². The van der Waals surface area contributed by atoms with Gasteiger partial charge < -0.3 is 0 Å². The molecule has 0 spiro atoms. The minimum absolute atomic E-state index is 0.0142. The predicted molar refractivity (Wildman–Crippen MR) is 129 cm³/mol. The van der Waals surface area contributed by atoms with Gasteiger partial charge in [-0.25, -0.2) is 0 Å². The number of nitrogens with one attached hydrogen (secondary N) is 2. The molecule has 0 radical (unpaired) electrons. The van der Waals surface area contributed by atoms with Gasteiger partial charge in [-0.15, -0.1) is 0 Å². The van der Waals surface area contributed by atoms with E-state index in [1.807, 2.05) is 55.5 Å². The van der Waals surface area contributed by atoms with Crippen LogP contribution >= 0.6 is 0 Å². The molecule has 1 amide bonds. The molecule has 4 aromatic rings. The average molecular weight is 506 g/mol. The van der Waals surface area contributed by atoms with Crippen LogP contribution in [0.5, 0.6) is 0 Å². The molecule has 3 heterocycles. The number of carbonyl (C=O) groups is 2. The Bertz CT molecular complexity index is 1510. The monoisotopic (exact) mass is 507 g/mol. The zero-order valence-corrected chi connectivity index (χ0v) is 19.8. The van der Waals surface area contributed by atoms with Crippen LogP contribution in [-0.4, -0.2) is 41.8 Å². The molecule has 7 nitrogen and oxygen atoms in total. The van der Waals surface area contributed by atoms with E-state index in [2.05, 4.69) is 10.3 Å². The second-order valence-corrected chi connectivity index (χ2v) is 10.1. The molecule has 0 fully saturated rings. The topological polar surface area (TPSA) is 93.2 Å². The van der Waals surface area contributed by atoms with Gasteiger partial charge in [0.05, 0.1) is 0 Å². The summed E-state index contributed by atoms with van der Waals surface area (Å²) in [5.74, 6) is -0.621. The summed E-state index contributed by atoms with van der Waals surface area (Å²) in [6.07, 6.45) is 1.77. The van der Waals surface area contributed by atoms with Gasteiger partial charge >= 0.3 is 178 Å². The van der Waals surface area contributed by atoms with Gasteiger partial charge in [-0.3, -0.25) is 0 Å². The first-order chi connectivity index (χ1) is 15.9. The third kappa shape index (κ3) is 3.77. The first-order valence-corrected chi connectivity index (χ1v) is 12.1. The Morgan fingerprint density at radius 2 is 1.85 bits per heavy atom. The molecule has 166 valence electrons. The van der Waals surface area contributed by atoms with Crippen molar-refractivity contribution < 1.29 is 14.3 Å². The van der Waals surface area contributed by atoms with Crippen molar-refractivity contribution in [2.24, 2.45) is 0 Å². The van der Waals surface area contributed by atoms with E-state index in [0.29, 0.717) is 29.1 Å². The first-order valence-electron chi connectivity index (χ1n) is 10.5. The van der Waals surface area contributed by atoms with Crippen LogP contribution in [0.3, 0.4) is 0 Å². The fraction of sp³-hybridized carbons (Fsp3) is 0.160. The number of amides is 1. The molecule has 0 atom stereocenters. The average Bonchev–Trinajstić information content (AvgIpc) is 3.40. The molecule has 5 rings (SSSR count). The van der Waals surface area contributed by atoms with Crippen molar-refractivity contribution >= 4 is 53.6 Å². The van der Waals surface area contributed by atoms with E-state index in [9.17, 15) is 14.4 Å². The van der Waals surface area contributed by atoms with E-state index in [-0.39, 0.29) is 32.8 Å². The summed E-state index contributed by atoms with van der Waals surface area (Å²) >= 11 is -0.0997. The molecular formula is C25H21N3O4Se. The molecule has 2 aromatic heterocycles. The van der Waals surface area contributed by atoms with Gasteiger partial charge in [0.25, 0.3) is 0 Å². The van der Waals surface area contributed by atoms with E-state index in [1.54, 1.807) is 16.6 Å². The van der Waals surface area contributed by atoms with Gasteiger partial charge in [-0.1, -0.05) is 12.1 Å². The first kappa shape index (κ1) is 21.2. The summed E-state index contributed by atoms with van der Waals surface area (Å²) in [7, 11) is 0. The van der Waals surface area contributed by atoms with E-state index in [4.69, 9.17) is 4.74 Å². The Morgan fingerprint density at radius 1 is 1.09 bits per heavy atom. The maximum absolute atomic E-state index is 12.8. The number of rotatable bonds is 5. The van der Waals surface area contributed by atoms with Crippen molar-refractivity contribution in [2.45, 2.75) is 20.4 Å². The van der Waals surface area contributed by atoms with Gasteiger partial charge in [0, 0.05) is 0 Å². The predicted octanol–water partition coefficient (Wildman–Crippen LogP) is 3.35. The van der Waals surface area contributed by atoms with Crippen molar-refractivity contribution in [3.63, 3.8) is 0 Å². The van der Waals surface area contributed by atoms with E-state index >= 15 is 0 Å². The SMILES string of the molecule is Cc1[nH]c(/C=C2\C(=O)Nc3ccccc32)c(C)c1C(=O)OCCn1[se]c2ccccc2c1=O. The van der Waals surface area contributed by atoms with Crippen LogP contribution in [0.2, 0.25) is 0 Å². The molecule has 1 aliphatic rings. The molecular weight excluding hydrogens is 485 g/mol. The number of H-pyrrole nitrogens is 1. The molecule has 0 aliphatic carbocycles. The number of aryl methyl sites for hydroxylation is 1.